The van der Waals surface area contributed by atoms with Crippen LogP contribution < -0.4 is 0 Å². The van der Waals surface area contributed by atoms with Gasteiger partial charge in [-0.1, -0.05) is 264 Å². The zero-order valence-electron chi connectivity index (χ0n) is 49.2. The zero-order valence-corrected chi connectivity index (χ0v) is 49.2. The van der Waals surface area contributed by atoms with E-state index in [0.29, 0.717) is 19.3 Å². The van der Waals surface area contributed by atoms with Crippen LogP contribution in [0.2, 0.25) is 0 Å². The third kappa shape index (κ3) is 60.4. The van der Waals surface area contributed by atoms with E-state index in [0.717, 1.165) is 148 Å². The molecule has 6 heteroatoms. The van der Waals surface area contributed by atoms with Gasteiger partial charge in [0.2, 0.25) is 0 Å². The first-order chi connectivity index (χ1) is 37.5. The molecule has 0 heterocycles. The predicted molar refractivity (Wildman–Crippen MR) is 329 cm³/mol. The molecule has 0 saturated carbocycles. The number of unbranched alkanes of at least 4 members (excludes halogenated alkanes) is 22. The summed E-state index contributed by atoms with van der Waals surface area (Å²) in [5, 5.41) is 0. The van der Waals surface area contributed by atoms with Crippen LogP contribution in [0.1, 0.15) is 271 Å². The van der Waals surface area contributed by atoms with E-state index in [-0.39, 0.29) is 31.1 Å². The number of carbonyl (C=O) groups excluding carboxylic acids is 3. The molecular weight excluding hydrogens is 937 g/mol. The predicted octanol–water partition coefficient (Wildman–Crippen LogP) is 21.4. The molecule has 0 aliphatic heterocycles. The second kappa shape index (κ2) is 63.1. The minimum absolute atomic E-state index is 0.0957. The molecule has 76 heavy (non-hydrogen) atoms. The van der Waals surface area contributed by atoms with E-state index in [9.17, 15) is 14.4 Å². The van der Waals surface area contributed by atoms with Crippen molar-refractivity contribution >= 4 is 17.9 Å². The molecule has 0 saturated heterocycles. The van der Waals surface area contributed by atoms with Crippen LogP contribution in [-0.2, 0) is 28.6 Å². The maximum absolute atomic E-state index is 12.9. The second-order valence-corrected chi connectivity index (χ2v) is 20.2. The van der Waals surface area contributed by atoms with Crippen molar-refractivity contribution in [3.05, 3.63) is 134 Å². The fourth-order valence-corrected chi connectivity index (χ4v) is 8.23. The molecule has 1 atom stereocenters. The van der Waals surface area contributed by atoms with Crippen LogP contribution in [0.25, 0.3) is 0 Å². The second-order valence-electron chi connectivity index (χ2n) is 20.2. The molecular formula is C70H114O6. The molecule has 0 aromatic rings. The Morgan fingerprint density at radius 1 is 0.276 bits per heavy atom. The number of rotatable bonds is 55. The van der Waals surface area contributed by atoms with Gasteiger partial charge in [0, 0.05) is 19.3 Å². The Morgan fingerprint density at radius 3 is 0.842 bits per heavy atom. The van der Waals surface area contributed by atoms with Gasteiger partial charge in [0.15, 0.2) is 6.10 Å². The highest BCUT2D eigenvalue weighted by atomic mass is 16.6. The number of hydrogen-bond acceptors (Lipinski definition) is 6. The van der Waals surface area contributed by atoms with Gasteiger partial charge in [-0.25, -0.2) is 0 Å². The molecule has 0 spiro atoms. The normalized spacial score (nSPS) is 13.0. The van der Waals surface area contributed by atoms with Gasteiger partial charge in [-0.2, -0.15) is 0 Å². The highest BCUT2D eigenvalue weighted by Gasteiger charge is 2.19. The van der Waals surface area contributed by atoms with E-state index in [1.807, 2.05) is 0 Å². The quantitative estimate of drug-likeness (QED) is 0.0261. The summed E-state index contributed by atoms with van der Waals surface area (Å²) in [4.78, 5) is 38.2. The molecule has 0 aromatic heterocycles. The van der Waals surface area contributed by atoms with E-state index in [4.69, 9.17) is 14.2 Å². The molecule has 6 nitrogen and oxygen atoms in total. The lowest BCUT2D eigenvalue weighted by Gasteiger charge is -2.18. The molecule has 0 aliphatic carbocycles. The fourth-order valence-electron chi connectivity index (χ4n) is 8.23. The Kier molecular flexibility index (Phi) is 59.4. The average Bonchev–Trinajstić information content (AvgIpc) is 3.42. The first-order valence-corrected chi connectivity index (χ1v) is 31.2. The van der Waals surface area contributed by atoms with Gasteiger partial charge in [0.25, 0.3) is 0 Å². The molecule has 0 bridgehead atoms. The lowest BCUT2D eigenvalue weighted by Crippen LogP contribution is -2.30. The van der Waals surface area contributed by atoms with Crippen LogP contribution in [0, 0.1) is 0 Å². The monoisotopic (exact) mass is 1050 g/mol. The van der Waals surface area contributed by atoms with Gasteiger partial charge >= 0.3 is 17.9 Å². The summed E-state index contributed by atoms with van der Waals surface area (Å²) in [5.41, 5.74) is 0. The highest BCUT2D eigenvalue weighted by Crippen LogP contribution is 2.15. The largest absolute Gasteiger partial charge is 0.462 e. The summed E-state index contributed by atoms with van der Waals surface area (Å²) in [7, 11) is 0. The van der Waals surface area contributed by atoms with Gasteiger partial charge in [-0.15, -0.1) is 0 Å². The van der Waals surface area contributed by atoms with Crippen molar-refractivity contribution in [3.63, 3.8) is 0 Å². The van der Waals surface area contributed by atoms with Crippen molar-refractivity contribution in [2.75, 3.05) is 13.2 Å². The van der Waals surface area contributed by atoms with Crippen LogP contribution >= 0.6 is 0 Å². The SMILES string of the molecule is CC/C=C\C/C=C\C/C=C\C/C=C\C/C=C\C/C=C\C/C=C\C/C=C\C/C=C\CCCCCC(=O)OCC(COC(=O)CCCCCCCCCCCCCC)OC(=O)CCCCCCC/C=C\C/C=C\CCCCC. The number of hydrogen-bond donors (Lipinski definition) is 0. The third-order valence-electron chi connectivity index (χ3n) is 12.9. The Bertz CT molecular complexity index is 1630. The van der Waals surface area contributed by atoms with E-state index in [2.05, 4.69) is 154 Å². The van der Waals surface area contributed by atoms with Gasteiger partial charge < -0.3 is 14.2 Å². The smallest absolute Gasteiger partial charge is 0.306 e. The summed E-state index contributed by atoms with van der Waals surface area (Å²) in [6.45, 7) is 6.46. The minimum Gasteiger partial charge on any atom is -0.462 e. The van der Waals surface area contributed by atoms with Crippen molar-refractivity contribution < 1.29 is 28.6 Å². The molecule has 0 radical (unpaired) electrons. The first-order valence-electron chi connectivity index (χ1n) is 31.2. The molecule has 0 aromatic carbocycles. The van der Waals surface area contributed by atoms with Crippen molar-refractivity contribution in [1.29, 1.82) is 0 Å². The molecule has 0 fully saturated rings. The van der Waals surface area contributed by atoms with Crippen LogP contribution in [0.4, 0.5) is 0 Å². The maximum Gasteiger partial charge on any atom is 0.306 e. The molecule has 0 amide bonds. The maximum atomic E-state index is 12.9. The fraction of sp³-hybridized carbons (Fsp3) is 0.643. The Hall–Kier alpha value is -4.45. The van der Waals surface area contributed by atoms with Crippen molar-refractivity contribution in [1.82, 2.24) is 0 Å². The zero-order chi connectivity index (χ0) is 55.0. The average molecular weight is 1050 g/mol. The Morgan fingerprint density at radius 2 is 0.513 bits per heavy atom. The molecule has 430 valence electrons. The van der Waals surface area contributed by atoms with Gasteiger partial charge in [0.05, 0.1) is 0 Å². The van der Waals surface area contributed by atoms with E-state index in [1.165, 1.54) is 83.5 Å². The standard InChI is InChI=1S/C70H114O6/c1-4-7-10-13-16-19-22-25-27-28-29-30-31-32-33-34-35-36-37-38-39-40-41-42-44-45-48-51-54-57-60-63-69(72)75-66-67(65-74-68(71)62-59-56-53-50-47-24-21-18-15-12-9-6-3)76-70(73)64-61-58-55-52-49-46-43-26-23-20-17-14-11-8-5-2/h7,10,16-17,19-20,25-27,29-30,32-33,35-36,38-39,41-43,45,48,67H,4-6,8-9,11-15,18,21-24,28,31,34,37,40,44,46-47,49-66H2,1-3H3/b10-7-,19-16-,20-17-,27-25-,30-29-,33-32-,36-35-,39-38-,42-41-,43-26-,48-45-. The van der Waals surface area contributed by atoms with E-state index < -0.39 is 6.10 Å². The minimum atomic E-state index is -0.802. The summed E-state index contributed by atoms with van der Waals surface area (Å²) in [5.74, 6) is -0.944. The van der Waals surface area contributed by atoms with Crippen LogP contribution in [0.3, 0.4) is 0 Å². The summed E-state index contributed by atoms with van der Waals surface area (Å²) < 4.78 is 16.8. The number of allylic oxidation sites excluding steroid dienone is 22. The van der Waals surface area contributed by atoms with Gasteiger partial charge in [-0.05, 0) is 122 Å². The highest BCUT2D eigenvalue weighted by molar-refractivity contribution is 5.71. The van der Waals surface area contributed by atoms with Crippen molar-refractivity contribution in [2.24, 2.45) is 0 Å². The lowest BCUT2D eigenvalue weighted by molar-refractivity contribution is -0.167. The van der Waals surface area contributed by atoms with E-state index in [1.54, 1.807) is 0 Å². The molecule has 0 N–H and O–H groups in total. The van der Waals surface area contributed by atoms with Crippen LogP contribution in [0.5, 0.6) is 0 Å². The van der Waals surface area contributed by atoms with E-state index >= 15 is 0 Å². The van der Waals surface area contributed by atoms with Crippen molar-refractivity contribution in [3.8, 4) is 0 Å². The number of esters is 3. The molecule has 0 aliphatic rings. The summed E-state index contributed by atoms with van der Waals surface area (Å²) in [6, 6.07) is 0. The molecule has 1 unspecified atom stereocenters. The molecule has 0 rings (SSSR count). The van der Waals surface area contributed by atoms with Crippen molar-refractivity contribution in [2.45, 2.75) is 277 Å². The van der Waals surface area contributed by atoms with Gasteiger partial charge in [-0.3, -0.25) is 14.4 Å². The van der Waals surface area contributed by atoms with Gasteiger partial charge in [0.1, 0.15) is 13.2 Å². The lowest BCUT2D eigenvalue weighted by atomic mass is 10.0. The summed E-state index contributed by atoms with van der Waals surface area (Å²) >= 11 is 0. The van der Waals surface area contributed by atoms with Crippen LogP contribution in [0.15, 0.2) is 134 Å². The Balaban J connectivity index is 4.37. The van der Waals surface area contributed by atoms with Crippen LogP contribution in [-0.4, -0.2) is 37.2 Å². The Labute approximate surface area is 468 Å². The third-order valence-corrected chi connectivity index (χ3v) is 12.9. The number of ether oxygens (including phenoxy) is 3. The first kappa shape index (κ1) is 71.5. The number of carbonyl (C=O) groups is 3. The summed E-state index contributed by atoms with van der Waals surface area (Å²) in [6.07, 6.45) is 88.8. The topological polar surface area (TPSA) is 78.9 Å².